The molecule has 0 unspecified atom stereocenters. The summed E-state index contributed by atoms with van der Waals surface area (Å²) in [5.74, 6) is 3.93. The molecule has 1 N–H and O–H groups in total. The number of hydrogen-bond acceptors (Lipinski definition) is 5. The monoisotopic (exact) mass is 371 g/mol. The van der Waals surface area contributed by atoms with Crippen LogP contribution < -0.4 is 5.32 Å². The molecule has 4 saturated carbocycles. The standard InChI is InChI=1S/C20H25N3O2S/c1-10-11(2)25-12(3)16(10)17(24)21-19-23-22-18(26-19)20-7-13-4-14(8-20)6-15(5-13)9-20/h13-15H,4-9H2,1-3H3,(H,21,23,24). The second-order valence-electron chi connectivity index (χ2n) is 8.78. The van der Waals surface area contributed by atoms with Crippen LogP contribution in [0.1, 0.15) is 71.0 Å². The van der Waals surface area contributed by atoms with Crippen molar-refractivity contribution in [2.75, 3.05) is 5.32 Å². The van der Waals surface area contributed by atoms with Crippen LogP contribution >= 0.6 is 11.3 Å². The Labute approximate surface area is 157 Å². The Bertz CT molecular complexity index is 846. The van der Waals surface area contributed by atoms with Gasteiger partial charge in [0.15, 0.2) is 0 Å². The first-order valence-corrected chi connectivity index (χ1v) is 10.5. The van der Waals surface area contributed by atoms with E-state index in [0.29, 0.717) is 16.5 Å². The molecule has 2 heterocycles. The highest BCUT2D eigenvalue weighted by molar-refractivity contribution is 7.15. The van der Waals surface area contributed by atoms with Crippen LogP contribution in [0.3, 0.4) is 0 Å². The third-order valence-electron chi connectivity index (χ3n) is 6.93. The van der Waals surface area contributed by atoms with Gasteiger partial charge in [-0.1, -0.05) is 11.3 Å². The van der Waals surface area contributed by atoms with Gasteiger partial charge >= 0.3 is 0 Å². The molecule has 5 nitrogen and oxygen atoms in total. The average molecular weight is 372 g/mol. The molecule has 6 rings (SSSR count). The summed E-state index contributed by atoms with van der Waals surface area (Å²) in [5.41, 5.74) is 1.74. The lowest BCUT2D eigenvalue weighted by molar-refractivity contribution is -0.00555. The molecule has 4 bridgehead atoms. The van der Waals surface area contributed by atoms with E-state index in [9.17, 15) is 4.79 Å². The van der Waals surface area contributed by atoms with Crippen molar-refractivity contribution in [2.24, 2.45) is 17.8 Å². The number of carbonyl (C=O) groups is 1. The fraction of sp³-hybridized carbons (Fsp3) is 0.650. The Morgan fingerprint density at radius 1 is 1.04 bits per heavy atom. The number of hydrogen-bond donors (Lipinski definition) is 1. The molecule has 0 saturated heterocycles. The van der Waals surface area contributed by atoms with E-state index < -0.39 is 0 Å². The van der Waals surface area contributed by atoms with Crippen molar-refractivity contribution in [3.8, 4) is 0 Å². The number of rotatable bonds is 3. The molecule has 4 aliphatic carbocycles. The summed E-state index contributed by atoms with van der Waals surface area (Å²) >= 11 is 1.58. The van der Waals surface area contributed by atoms with Crippen LogP contribution in [0.2, 0.25) is 0 Å². The Morgan fingerprint density at radius 3 is 2.19 bits per heavy atom. The maximum Gasteiger partial charge on any atom is 0.261 e. The van der Waals surface area contributed by atoms with E-state index in [1.54, 1.807) is 11.3 Å². The molecule has 0 aliphatic heterocycles. The highest BCUT2D eigenvalue weighted by Gasteiger charge is 2.53. The number of amides is 1. The number of nitrogens with zero attached hydrogens (tertiary/aromatic N) is 2. The van der Waals surface area contributed by atoms with Gasteiger partial charge in [-0.2, -0.15) is 0 Å². The predicted molar refractivity (Wildman–Crippen MR) is 101 cm³/mol. The van der Waals surface area contributed by atoms with Crippen molar-refractivity contribution < 1.29 is 9.21 Å². The molecule has 1 amide bonds. The van der Waals surface area contributed by atoms with E-state index >= 15 is 0 Å². The minimum atomic E-state index is -0.148. The van der Waals surface area contributed by atoms with E-state index in [-0.39, 0.29) is 11.3 Å². The molecule has 0 atom stereocenters. The lowest BCUT2D eigenvalue weighted by atomic mass is 9.50. The van der Waals surface area contributed by atoms with Gasteiger partial charge in [0.2, 0.25) is 5.13 Å². The first kappa shape index (κ1) is 16.5. The first-order valence-electron chi connectivity index (χ1n) is 9.65. The predicted octanol–water partition coefficient (Wildman–Crippen LogP) is 4.78. The summed E-state index contributed by atoms with van der Waals surface area (Å²) in [6.45, 7) is 5.63. The average Bonchev–Trinajstić information content (AvgIpc) is 3.11. The molecule has 6 heteroatoms. The van der Waals surface area contributed by atoms with Crippen LogP contribution in [0.4, 0.5) is 5.13 Å². The summed E-state index contributed by atoms with van der Waals surface area (Å²) in [6, 6.07) is 0. The lowest BCUT2D eigenvalue weighted by Crippen LogP contribution is -2.48. The zero-order valence-electron chi connectivity index (χ0n) is 15.6. The minimum absolute atomic E-state index is 0.148. The van der Waals surface area contributed by atoms with Crippen molar-refractivity contribution >= 4 is 22.4 Å². The van der Waals surface area contributed by atoms with Crippen LogP contribution in [-0.2, 0) is 5.41 Å². The maximum absolute atomic E-state index is 12.7. The number of aromatic nitrogens is 2. The van der Waals surface area contributed by atoms with Gasteiger partial charge < -0.3 is 4.42 Å². The van der Waals surface area contributed by atoms with Gasteiger partial charge in [-0.3, -0.25) is 10.1 Å². The van der Waals surface area contributed by atoms with E-state index in [2.05, 4.69) is 15.5 Å². The van der Waals surface area contributed by atoms with Crippen LogP contribution in [0, 0.1) is 38.5 Å². The smallest absolute Gasteiger partial charge is 0.261 e. The number of nitrogens with one attached hydrogen (secondary N) is 1. The molecule has 138 valence electrons. The highest BCUT2D eigenvalue weighted by Crippen LogP contribution is 2.61. The van der Waals surface area contributed by atoms with Crippen LogP contribution in [0.5, 0.6) is 0 Å². The SMILES string of the molecule is Cc1oc(C)c(C(=O)Nc2nnc(C34CC5CC(CC(C5)C3)C4)s2)c1C. The van der Waals surface area contributed by atoms with Gasteiger partial charge in [0.1, 0.15) is 16.5 Å². The van der Waals surface area contributed by atoms with Gasteiger partial charge in [-0.15, -0.1) is 10.2 Å². The summed E-state index contributed by atoms with van der Waals surface area (Å²) in [6.07, 6.45) is 8.04. The number of anilines is 1. The zero-order valence-corrected chi connectivity index (χ0v) is 16.4. The van der Waals surface area contributed by atoms with Crippen LogP contribution in [0.25, 0.3) is 0 Å². The third-order valence-corrected chi connectivity index (χ3v) is 8.01. The maximum atomic E-state index is 12.7. The Morgan fingerprint density at radius 2 is 1.65 bits per heavy atom. The molecule has 2 aromatic rings. The van der Waals surface area contributed by atoms with E-state index in [1.165, 1.54) is 38.5 Å². The number of furan rings is 1. The van der Waals surface area contributed by atoms with Crippen LogP contribution in [-0.4, -0.2) is 16.1 Å². The van der Waals surface area contributed by atoms with Gasteiger partial charge in [-0.05, 0) is 77.0 Å². The van der Waals surface area contributed by atoms with Crippen molar-refractivity contribution in [2.45, 2.75) is 64.7 Å². The molecule has 4 fully saturated rings. The number of aryl methyl sites for hydroxylation is 2. The minimum Gasteiger partial charge on any atom is -0.466 e. The topological polar surface area (TPSA) is 68.0 Å². The molecule has 26 heavy (non-hydrogen) atoms. The summed E-state index contributed by atoms with van der Waals surface area (Å²) in [4.78, 5) is 12.7. The molecule has 0 aromatic carbocycles. The fourth-order valence-corrected chi connectivity index (χ4v) is 7.10. The van der Waals surface area contributed by atoms with Gasteiger partial charge in [0.05, 0.1) is 5.56 Å². The van der Waals surface area contributed by atoms with Crippen molar-refractivity contribution in [3.05, 3.63) is 27.7 Å². The van der Waals surface area contributed by atoms with Crippen molar-refractivity contribution in [3.63, 3.8) is 0 Å². The first-order chi connectivity index (χ1) is 12.4. The summed E-state index contributed by atoms with van der Waals surface area (Å²) < 4.78 is 5.58. The highest BCUT2D eigenvalue weighted by atomic mass is 32.1. The van der Waals surface area contributed by atoms with Crippen molar-refractivity contribution in [1.29, 1.82) is 0 Å². The lowest BCUT2D eigenvalue weighted by Gasteiger charge is -2.55. The summed E-state index contributed by atoms with van der Waals surface area (Å²) in [5, 5.41) is 13.5. The molecular weight excluding hydrogens is 346 g/mol. The van der Waals surface area contributed by atoms with Crippen LogP contribution in [0.15, 0.2) is 4.42 Å². The second kappa shape index (κ2) is 5.65. The van der Waals surface area contributed by atoms with E-state index in [4.69, 9.17) is 4.42 Å². The molecule has 0 spiro atoms. The van der Waals surface area contributed by atoms with E-state index in [1.807, 2.05) is 20.8 Å². The number of carbonyl (C=O) groups excluding carboxylic acids is 1. The van der Waals surface area contributed by atoms with Gasteiger partial charge in [0.25, 0.3) is 5.91 Å². The second-order valence-corrected chi connectivity index (χ2v) is 9.76. The third kappa shape index (κ3) is 2.45. The largest absolute Gasteiger partial charge is 0.466 e. The Hall–Kier alpha value is -1.69. The fourth-order valence-electron chi connectivity index (χ4n) is 6.15. The molecule has 2 aromatic heterocycles. The quantitative estimate of drug-likeness (QED) is 0.843. The van der Waals surface area contributed by atoms with Gasteiger partial charge in [0, 0.05) is 11.0 Å². The zero-order chi connectivity index (χ0) is 18.1. The van der Waals surface area contributed by atoms with Gasteiger partial charge in [-0.25, -0.2) is 0 Å². The normalized spacial score (nSPS) is 32.2. The molecule has 4 aliphatic rings. The summed E-state index contributed by atoms with van der Waals surface area (Å²) in [7, 11) is 0. The Kier molecular flexibility index (Phi) is 3.58. The van der Waals surface area contributed by atoms with E-state index in [0.717, 1.165) is 34.1 Å². The molecular formula is C20H25N3O2S. The Balaban J connectivity index is 1.38. The molecule has 0 radical (unpaired) electrons. The van der Waals surface area contributed by atoms with Crippen molar-refractivity contribution in [1.82, 2.24) is 10.2 Å².